The van der Waals surface area contributed by atoms with Gasteiger partial charge in [0, 0.05) is 34.8 Å². The third-order valence-corrected chi connectivity index (χ3v) is 11.2. The number of aromatic nitrogens is 2. The van der Waals surface area contributed by atoms with E-state index in [1.54, 1.807) is 0 Å². The fourth-order valence-corrected chi connectivity index (χ4v) is 8.29. The molecule has 7 heteroatoms. The van der Waals surface area contributed by atoms with Crippen LogP contribution in [0.15, 0.2) is 206 Å². The number of nitrogens with one attached hydrogen (secondary N) is 2. The zero-order chi connectivity index (χ0) is 40.6. The van der Waals surface area contributed by atoms with E-state index < -0.39 is 0 Å². The molecule has 0 atom stereocenters. The van der Waals surface area contributed by atoms with Gasteiger partial charge in [-0.25, -0.2) is 4.98 Å². The molecule has 290 valence electrons. The molecule has 6 aromatic carbocycles. The van der Waals surface area contributed by atoms with Crippen molar-refractivity contribution in [3.8, 4) is 17.3 Å². The average molecular weight is 778 g/mol. The Hall–Kier alpha value is -7.51. The van der Waals surface area contributed by atoms with E-state index in [9.17, 15) is 0 Å². The van der Waals surface area contributed by atoms with Crippen LogP contribution in [0, 0.1) is 0 Å². The van der Waals surface area contributed by atoms with Crippen LogP contribution in [-0.4, -0.2) is 21.2 Å². The van der Waals surface area contributed by atoms with Crippen LogP contribution in [0.2, 0.25) is 0 Å². The van der Waals surface area contributed by atoms with Crippen molar-refractivity contribution in [2.24, 2.45) is 0 Å². The first-order chi connectivity index (χ1) is 29.4. The molecule has 2 N–H and O–H groups in total. The Kier molecular flexibility index (Phi) is 9.42. The highest BCUT2D eigenvalue weighted by Gasteiger charge is 2.32. The Morgan fingerprint density at radius 3 is 2.10 bits per heavy atom. The quantitative estimate of drug-likeness (QED) is 0.143. The van der Waals surface area contributed by atoms with Gasteiger partial charge in [-0.1, -0.05) is 136 Å². The molecular weight excluding hydrogens is 733 g/mol. The third kappa shape index (κ3) is 7.05. The van der Waals surface area contributed by atoms with E-state index in [4.69, 9.17) is 9.72 Å². The first-order valence-electron chi connectivity index (χ1n) is 20.5. The minimum Gasteiger partial charge on any atom is -0.457 e. The molecule has 0 radical (unpaired) electrons. The van der Waals surface area contributed by atoms with Crippen LogP contribution in [0.5, 0.6) is 11.5 Å². The van der Waals surface area contributed by atoms with Crippen molar-refractivity contribution < 1.29 is 4.74 Å². The molecule has 10 rings (SSSR count). The molecule has 0 unspecified atom stereocenters. The van der Waals surface area contributed by atoms with Gasteiger partial charge in [-0.05, 0) is 94.6 Å². The second kappa shape index (κ2) is 15.3. The number of ether oxygens (including phenoxy) is 1. The van der Waals surface area contributed by atoms with Crippen LogP contribution < -0.4 is 15.4 Å². The van der Waals surface area contributed by atoms with Gasteiger partial charge < -0.3 is 20.2 Å². The van der Waals surface area contributed by atoms with Gasteiger partial charge in [0.2, 0.25) is 0 Å². The number of allylic oxidation sites excluding steroid dienone is 3. The molecule has 60 heavy (non-hydrogen) atoms. The van der Waals surface area contributed by atoms with Crippen molar-refractivity contribution >= 4 is 57.0 Å². The Balaban J connectivity index is 0.986. The number of hydrogen-bond acceptors (Lipinski definition) is 5. The molecule has 2 aliphatic heterocycles. The summed E-state index contributed by atoms with van der Waals surface area (Å²) in [4.78, 5) is 7.20. The first kappa shape index (κ1) is 36.8. The van der Waals surface area contributed by atoms with Crippen LogP contribution in [0.1, 0.15) is 37.5 Å². The van der Waals surface area contributed by atoms with Gasteiger partial charge in [0.25, 0.3) is 0 Å². The minimum atomic E-state index is -0.00704. The van der Waals surface area contributed by atoms with E-state index in [2.05, 4.69) is 217 Å². The summed E-state index contributed by atoms with van der Waals surface area (Å²) in [6, 6.07) is 56.9. The van der Waals surface area contributed by atoms with Gasteiger partial charge in [-0.15, -0.1) is 0 Å². The maximum Gasteiger partial charge on any atom is 0.313 e. The molecule has 0 aliphatic carbocycles. The van der Waals surface area contributed by atoms with Crippen LogP contribution in [-0.2, 0) is 5.41 Å². The highest BCUT2D eigenvalue weighted by molar-refractivity contribution is 6.70. The Morgan fingerprint density at radius 2 is 1.30 bits per heavy atom. The lowest BCUT2D eigenvalue weighted by Gasteiger charge is -2.37. The van der Waals surface area contributed by atoms with Gasteiger partial charge in [0.05, 0.1) is 33.8 Å². The number of pyridine rings is 1. The van der Waals surface area contributed by atoms with E-state index >= 15 is 0 Å². The minimum absolute atomic E-state index is 0.00704. The Labute approximate surface area is 351 Å². The first-order valence-corrected chi connectivity index (χ1v) is 20.5. The number of anilines is 3. The molecule has 2 aliphatic rings. The molecule has 0 saturated carbocycles. The summed E-state index contributed by atoms with van der Waals surface area (Å²) < 4.78 is 8.88. The van der Waals surface area contributed by atoms with Gasteiger partial charge in [-0.2, -0.15) is 0 Å². The highest BCUT2D eigenvalue weighted by Crippen LogP contribution is 2.41. The lowest BCUT2D eigenvalue weighted by molar-refractivity contribution is 0.483. The maximum atomic E-state index is 6.64. The zero-order valence-electron chi connectivity index (χ0n) is 33.9. The van der Waals surface area contributed by atoms with Gasteiger partial charge in [0.1, 0.15) is 17.3 Å². The summed E-state index contributed by atoms with van der Waals surface area (Å²) in [7, 11) is 0. The van der Waals surface area contributed by atoms with Crippen molar-refractivity contribution in [2.75, 3.05) is 10.6 Å². The van der Waals surface area contributed by atoms with Gasteiger partial charge in [0.15, 0.2) is 0 Å². The molecule has 0 amide bonds. The van der Waals surface area contributed by atoms with Crippen molar-refractivity contribution in [2.45, 2.75) is 26.2 Å². The van der Waals surface area contributed by atoms with Crippen LogP contribution in [0.3, 0.4) is 0 Å². The normalized spacial score (nSPS) is 13.8. The van der Waals surface area contributed by atoms with Crippen molar-refractivity contribution in [1.29, 1.82) is 0 Å². The average Bonchev–Trinajstić information content (AvgIpc) is 3.61. The predicted molar refractivity (Wildman–Crippen MR) is 251 cm³/mol. The topological polar surface area (TPSA) is 54.4 Å². The largest absolute Gasteiger partial charge is 0.457 e. The number of rotatable bonds is 9. The second-order valence-electron chi connectivity index (χ2n) is 16.3. The molecule has 0 fully saturated rings. The summed E-state index contributed by atoms with van der Waals surface area (Å²) in [6.45, 7) is 6.78. The number of nitrogens with zero attached hydrogens (tertiary/aromatic N) is 3. The van der Waals surface area contributed by atoms with E-state index in [0.717, 1.165) is 78.9 Å². The maximum absolute atomic E-state index is 6.64. The number of para-hydroxylation sites is 3. The fraction of sp³-hybridized carbons (Fsp3) is 0.0755. The molecular formula is C53H44BN5O. The van der Waals surface area contributed by atoms with Crippen LogP contribution >= 0.6 is 0 Å². The number of benzene rings is 6. The fourth-order valence-electron chi connectivity index (χ4n) is 8.29. The number of fused-ring (bicyclic) bond motifs is 4. The summed E-state index contributed by atoms with van der Waals surface area (Å²) in [5.41, 5.74) is 11.7. The smallest absolute Gasteiger partial charge is 0.313 e. The van der Waals surface area contributed by atoms with Gasteiger partial charge >= 0.3 is 6.85 Å². The molecule has 0 saturated heterocycles. The monoisotopic (exact) mass is 777 g/mol. The zero-order valence-corrected chi connectivity index (χ0v) is 33.9. The van der Waals surface area contributed by atoms with Crippen LogP contribution in [0.25, 0.3) is 38.9 Å². The molecule has 2 aromatic heterocycles. The lowest BCUT2D eigenvalue weighted by atomic mass is 9.55. The molecule has 8 aromatic rings. The van der Waals surface area contributed by atoms with Crippen molar-refractivity contribution in [1.82, 2.24) is 14.4 Å². The standard InChI is InChI=1S/C53H44BN5O/c1-53(2,3)39-29-31-55-50(33-39)59-48-26-13-10-23-43(48)44-28-27-42(35-49(44)59)60-41-22-16-21-40(34-41)56-46-24-11-12-25-47(46)57-51-45(37-17-6-4-7-18-37)36-54-30-14-15-32-58(54)52(51)38-19-8-5-9-20-38/h4-36,56-57H,1-3H3. The lowest BCUT2D eigenvalue weighted by Crippen LogP contribution is -2.37. The van der Waals surface area contributed by atoms with Crippen molar-refractivity contribution in [3.63, 3.8) is 0 Å². The molecule has 0 spiro atoms. The Morgan fingerprint density at radius 1 is 0.600 bits per heavy atom. The van der Waals surface area contributed by atoms with E-state index in [1.807, 2.05) is 24.4 Å². The number of hydrogen-bond donors (Lipinski definition) is 2. The van der Waals surface area contributed by atoms with E-state index in [-0.39, 0.29) is 12.3 Å². The summed E-state index contributed by atoms with van der Waals surface area (Å²) in [6.07, 6.45) is 8.31. The summed E-state index contributed by atoms with van der Waals surface area (Å²) in [5.74, 6) is 6.95. The third-order valence-electron chi connectivity index (χ3n) is 11.2. The van der Waals surface area contributed by atoms with Crippen molar-refractivity contribution in [3.05, 3.63) is 223 Å². The second-order valence-corrected chi connectivity index (χ2v) is 16.3. The summed E-state index contributed by atoms with van der Waals surface area (Å²) in [5, 5.41) is 9.96. The Bertz CT molecular complexity index is 3010. The molecule has 6 nitrogen and oxygen atoms in total. The molecule has 0 bridgehead atoms. The molecule has 4 heterocycles. The van der Waals surface area contributed by atoms with E-state index in [1.165, 1.54) is 10.9 Å². The SMILES string of the molecule is CC(C)(C)c1ccnc(-n2c3ccccc3c3ccc(Oc4cccc(Nc5ccccc5NC5=C(c6ccccc6)N6C=CC=CB6C=C5c5ccccc5)c4)cc32)c1. The van der Waals surface area contributed by atoms with Crippen LogP contribution in [0.4, 0.5) is 17.1 Å². The van der Waals surface area contributed by atoms with E-state index in [0.29, 0.717) is 0 Å². The highest BCUT2D eigenvalue weighted by atomic mass is 16.5. The van der Waals surface area contributed by atoms with Gasteiger partial charge in [-0.3, -0.25) is 4.57 Å². The predicted octanol–water partition coefficient (Wildman–Crippen LogP) is 13.3. The summed E-state index contributed by atoms with van der Waals surface area (Å²) >= 11 is 0.